The molecule has 3 aromatic rings. The van der Waals surface area contributed by atoms with Gasteiger partial charge >= 0.3 is 0 Å². The fourth-order valence-corrected chi connectivity index (χ4v) is 3.30. The largest absolute Gasteiger partial charge is 0.345 e. The number of aromatic nitrogens is 2. The minimum absolute atomic E-state index is 0.322. The molecular formula is C21H20ClF2N3O. The fraction of sp³-hybridized carbons (Fsp3) is 0.238. The molecule has 0 bridgehead atoms. The molecule has 7 heteroatoms. The van der Waals surface area contributed by atoms with Gasteiger partial charge in [-0.3, -0.25) is 9.48 Å². The summed E-state index contributed by atoms with van der Waals surface area (Å²) in [5.41, 5.74) is 3.12. The van der Waals surface area contributed by atoms with Crippen LogP contribution in [0.2, 0.25) is 5.02 Å². The minimum Gasteiger partial charge on any atom is -0.345 e. The van der Waals surface area contributed by atoms with E-state index in [0.29, 0.717) is 34.1 Å². The molecule has 0 aliphatic heterocycles. The average molecular weight is 404 g/mol. The molecule has 0 aliphatic carbocycles. The topological polar surface area (TPSA) is 46.9 Å². The van der Waals surface area contributed by atoms with Crippen LogP contribution in [0.1, 0.15) is 45.8 Å². The summed E-state index contributed by atoms with van der Waals surface area (Å²) in [5.74, 6) is -2.19. The third kappa shape index (κ3) is 4.07. The van der Waals surface area contributed by atoms with Crippen molar-refractivity contribution < 1.29 is 13.6 Å². The Balaban J connectivity index is 1.81. The van der Waals surface area contributed by atoms with Crippen molar-refractivity contribution in [2.24, 2.45) is 0 Å². The van der Waals surface area contributed by atoms with Crippen molar-refractivity contribution in [1.82, 2.24) is 15.1 Å². The van der Waals surface area contributed by atoms with Crippen molar-refractivity contribution in [3.63, 3.8) is 0 Å². The molecular weight excluding hydrogens is 384 g/mol. The van der Waals surface area contributed by atoms with Crippen LogP contribution in [0.25, 0.3) is 0 Å². The van der Waals surface area contributed by atoms with Crippen LogP contribution >= 0.6 is 11.6 Å². The number of amides is 1. The van der Waals surface area contributed by atoms with Crippen molar-refractivity contribution in [3.05, 3.63) is 87.2 Å². The first-order chi connectivity index (χ1) is 13.3. The summed E-state index contributed by atoms with van der Waals surface area (Å²) in [6.45, 7) is 5.73. The zero-order chi connectivity index (χ0) is 20.4. The average Bonchev–Trinajstić information content (AvgIpc) is 2.92. The Morgan fingerprint density at radius 1 is 1.18 bits per heavy atom. The van der Waals surface area contributed by atoms with E-state index >= 15 is 0 Å². The summed E-state index contributed by atoms with van der Waals surface area (Å²) in [6.07, 6.45) is 0. The lowest BCUT2D eigenvalue weighted by atomic mass is 10.1. The van der Waals surface area contributed by atoms with E-state index in [9.17, 15) is 13.6 Å². The van der Waals surface area contributed by atoms with Crippen molar-refractivity contribution in [3.8, 4) is 0 Å². The van der Waals surface area contributed by atoms with Gasteiger partial charge in [0.05, 0.1) is 23.8 Å². The van der Waals surface area contributed by atoms with Crippen LogP contribution in [0.3, 0.4) is 0 Å². The predicted molar refractivity (Wildman–Crippen MR) is 104 cm³/mol. The molecule has 0 radical (unpaired) electrons. The van der Waals surface area contributed by atoms with E-state index in [1.807, 2.05) is 25.1 Å². The van der Waals surface area contributed by atoms with Crippen LogP contribution < -0.4 is 5.32 Å². The standard InChI is InChI=1S/C21H20ClF2N3O/c1-12(15-8-9-18(23)19(24)10-15)25-21(28)20-13(2)26-27(14(20)3)11-16-6-4-5-7-17(16)22/h4-10,12H,11H2,1-3H3,(H,25,28). The lowest BCUT2D eigenvalue weighted by Crippen LogP contribution is -2.27. The van der Waals surface area contributed by atoms with Crippen molar-refractivity contribution in [2.75, 3.05) is 0 Å². The summed E-state index contributed by atoms with van der Waals surface area (Å²) < 4.78 is 28.3. The molecule has 1 amide bonds. The molecule has 1 atom stereocenters. The quantitative estimate of drug-likeness (QED) is 0.653. The van der Waals surface area contributed by atoms with Crippen molar-refractivity contribution in [1.29, 1.82) is 0 Å². The van der Waals surface area contributed by atoms with E-state index in [1.165, 1.54) is 6.07 Å². The molecule has 28 heavy (non-hydrogen) atoms. The van der Waals surface area contributed by atoms with E-state index in [0.717, 1.165) is 17.7 Å². The van der Waals surface area contributed by atoms with E-state index < -0.39 is 17.7 Å². The highest BCUT2D eigenvalue weighted by Crippen LogP contribution is 2.21. The molecule has 0 saturated heterocycles. The summed E-state index contributed by atoms with van der Waals surface area (Å²) in [6, 6.07) is 10.5. The number of hydrogen-bond acceptors (Lipinski definition) is 2. The molecule has 3 rings (SSSR count). The monoisotopic (exact) mass is 403 g/mol. The van der Waals surface area contributed by atoms with Crippen LogP contribution in [0.4, 0.5) is 8.78 Å². The molecule has 146 valence electrons. The van der Waals surface area contributed by atoms with Gasteiger partial charge in [-0.1, -0.05) is 35.9 Å². The lowest BCUT2D eigenvalue weighted by molar-refractivity contribution is 0.0938. The maximum Gasteiger partial charge on any atom is 0.255 e. The van der Waals surface area contributed by atoms with Crippen LogP contribution in [0.15, 0.2) is 42.5 Å². The molecule has 0 spiro atoms. The smallest absolute Gasteiger partial charge is 0.255 e. The van der Waals surface area contributed by atoms with Crippen LogP contribution in [0.5, 0.6) is 0 Å². The molecule has 1 N–H and O–H groups in total. The van der Waals surface area contributed by atoms with Gasteiger partial charge in [0.1, 0.15) is 0 Å². The minimum atomic E-state index is -0.946. The molecule has 1 heterocycles. The highest BCUT2D eigenvalue weighted by molar-refractivity contribution is 6.31. The maximum absolute atomic E-state index is 13.5. The molecule has 0 fully saturated rings. The molecule has 4 nitrogen and oxygen atoms in total. The van der Waals surface area contributed by atoms with Gasteiger partial charge in [-0.2, -0.15) is 5.10 Å². The van der Waals surface area contributed by atoms with Gasteiger partial charge in [0.25, 0.3) is 5.91 Å². The normalized spacial score (nSPS) is 12.1. The predicted octanol–water partition coefficient (Wildman–Crippen LogP) is 4.97. The third-order valence-corrected chi connectivity index (χ3v) is 5.05. The molecule has 1 aromatic heterocycles. The highest BCUT2D eigenvalue weighted by Gasteiger charge is 2.21. The second-order valence-electron chi connectivity index (χ2n) is 6.66. The summed E-state index contributed by atoms with van der Waals surface area (Å²) in [4.78, 5) is 12.8. The second-order valence-corrected chi connectivity index (χ2v) is 7.07. The van der Waals surface area contributed by atoms with Gasteiger partial charge in [0.15, 0.2) is 11.6 Å². The SMILES string of the molecule is Cc1nn(Cc2ccccc2Cl)c(C)c1C(=O)NC(C)c1ccc(F)c(F)c1. The first kappa shape index (κ1) is 20.0. The number of carbonyl (C=O) groups excluding carboxylic acids is 1. The van der Waals surface area contributed by atoms with Gasteiger partial charge in [0.2, 0.25) is 0 Å². The van der Waals surface area contributed by atoms with E-state index in [-0.39, 0.29) is 5.91 Å². The zero-order valence-electron chi connectivity index (χ0n) is 15.8. The first-order valence-corrected chi connectivity index (χ1v) is 9.19. The van der Waals surface area contributed by atoms with Crippen LogP contribution in [0, 0.1) is 25.5 Å². The summed E-state index contributed by atoms with van der Waals surface area (Å²) in [5, 5.41) is 7.92. The van der Waals surface area contributed by atoms with Gasteiger partial charge in [-0.15, -0.1) is 0 Å². The van der Waals surface area contributed by atoms with Gasteiger partial charge in [-0.05, 0) is 50.1 Å². The molecule has 0 saturated carbocycles. The Kier molecular flexibility index (Phi) is 5.79. The Morgan fingerprint density at radius 2 is 1.89 bits per heavy atom. The van der Waals surface area contributed by atoms with Crippen molar-refractivity contribution >= 4 is 17.5 Å². The first-order valence-electron chi connectivity index (χ1n) is 8.81. The van der Waals surface area contributed by atoms with Crippen LogP contribution in [-0.2, 0) is 6.54 Å². The Labute approximate surface area is 167 Å². The van der Waals surface area contributed by atoms with Gasteiger partial charge in [0, 0.05) is 10.7 Å². The number of halogens is 3. The Bertz CT molecular complexity index is 1030. The molecule has 1 unspecified atom stereocenters. The van der Waals surface area contributed by atoms with Gasteiger partial charge in [-0.25, -0.2) is 8.78 Å². The number of nitrogens with zero attached hydrogens (tertiary/aromatic N) is 2. The third-order valence-electron chi connectivity index (χ3n) is 4.68. The fourth-order valence-electron chi connectivity index (χ4n) is 3.10. The van der Waals surface area contributed by atoms with Crippen LogP contribution in [-0.4, -0.2) is 15.7 Å². The summed E-state index contributed by atoms with van der Waals surface area (Å²) >= 11 is 6.22. The number of benzene rings is 2. The number of hydrogen-bond donors (Lipinski definition) is 1. The summed E-state index contributed by atoms with van der Waals surface area (Å²) in [7, 11) is 0. The molecule has 2 aromatic carbocycles. The number of aryl methyl sites for hydroxylation is 1. The highest BCUT2D eigenvalue weighted by atomic mass is 35.5. The second kappa shape index (κ2) is 8.10. The Hall–Kier alpha value is -2.73. The number of carbonyl (C=O) groups is 1. The zero-order valence-corrected chi connectivity index (χ0v) is 16.5. The number of rotatable bonds is 5. The van der Waals surface area contributed by atoms with E-state index in [2.05, 4.69) is 10.4 Å². The lowest BCUT2D eigenvalue weighted by Gasteiger charge is -2.15. The van der Waals surface area contributed by atoms with Crippen molar-refractivity contribution in [2.45, 2.75) is 33.4 Å². The maximum atomic E-state index is 13.5. The number of nitrogens with one attached hydrogen (secondary N) is 1. The van der Waals surface area contributed by atoms with E-state index in [1.54, 1.807) is 24.6 Å². The van der Waals surface area contributed by atoms with Gasteiger partial charge < -0.3 is 5.32 Å². The molecule has 0 aliphatic rings. The Morgan fingerprint density at radius 3 is 2.57 bits per heavy atom. The van der Waals surface area contributed by atoms with E-state index in [4.69, 9.17) is 11.6 Å².